The molecule has 0 saturated heterocycles. The van der Waals surface area contributed by atoms with Crippen molar-refractivity contribution in [1.29, 1.82) is 5.26 Å². The van der Waals surface area contributed by atoms with Crippen LogP contribution in [0.5, 0.6) is 0 Å². The van der Waals surface area contributed by atoms with Crippen LogP contribution in [0.25, 0.3) is 70.9 Å². The molecule has 1 aliphatic carbocycles. The summed E-state index contributed by atoms with van der Waals surface area (Å²) >= 11 is 0. The van der Waals surface area contributed by atoms with E-state index in [1.165, 1.54) is 65.8 Å². The van der Waals surface area contributed by atoms with Gasteiger partial charge in [-0.3, -0.25) is 0 Å². The second kappa shape index (κ2) is 10.2. The fraction of sp³-hybridized carbons (Fsp3) is 0.0652. The molecule has 0 radical (unpaired) electrons. The van der Waals surface area contributed by atoms with E-state index >= 15 is 0 Å². The number of nitriles is 1. The highest BCUT2D eigenvalue weighted by molar-refractivity contribution is 6.26. The predicted molar refractivity (Wildman–Crippen MR) is 200 cm³/mol. The van der Waals surface area contributed by atoms with Crippen molar-refractivity contribution >= 4 is 54.1 Å². The Morgan fingerprint density at radius 1 is 0.521 bits per heavy atom. The molecule has 2 nitrogen and oxygen atoms in total. The quantitative estimate of drug-likeness (QED) is 0.183. The van der Waals surface area contributed by atoms with Crippen LogP contribution >= 0.6 is 0 Å². The van der Waals surface area contributed by atoms with Crippen molar-refractivity contribution in [3.63, 3.8) is 0 Å². The first-order valence-corrected chi connectivity index (χ1v) is 16.7. The van der Waals surface area contributed by atoms with Crippen molar-refractivity contribution in [3.8, 4) is 22.9 Å². The van der Waals surface area contributed by atoms with Crippen LogP contribution < -0.4 is 0 Å². The summed E-state index contributed by atoms with van der Waals surface area (Å²) in [6.07, 6.45) is 0. The van der Waals surface area contributed by atoms with Crippen LogP contribution in [0.2, 0.25) is 0 Å². The van der Waals surface area contributed by atoms with Gasteiger partial charge in [0, 0.05) is 27.8 Å². The smallest absolute Gasteiger partial charge is 0.0998 e. The van der Waals surface area contributed by atoms with Gasteiger partial charge in [0.15, 0.2) is 0 Å². The van der Waals surface area contributed by atoms with Gasteiger partial charge in [-0.2, -0.15) is 5.26 Å². The third kappa shape index (κ3) is 3.68. The van der Waals surface area contributed by atoms with Gasteiger partial charge in [0.25, 0.3) is 0 Å². The van der Waals surface area contributed by atoms with Crippen LogP contribution in [-0.2, 0) is 0 Å². The molecule has 1 unspecified atom stereocenters. The number of rotatable bonds is 3. The van der Waals surface area contributed by atoms with Gasteiger partial charge in [0.2, 0.25) is 0 Å². The first-order valence-electron chi connectivity index (χ1n) is 16.7. The molecule has 1 aromatic heterocycles. The lowest BCUT2D eigenvalue weighted by atomic mass is 9.79. The molecular formula is C46H30N2. The lowest BCUT2D eigenvalue weighted by molar-refractivity contribution is 0.671. The van der Waals surface area contributed by atoms with Crippen LogP contribution in [0.4, 0.5) is 0 Å². The lowest BCUT2D eigenvalue weighted by Crippen LogP contribution is -2.08. The Balaban J connectivity index is 1.24. The van der Waals surface area contributed by atoms with Gasteiger partial charge in [0.1, 0.15) is 0 Å². The SMILES string of the molecule is CC(c1cc(C#N)c2c3ccccc3c3ccccc3c2c1)[C@@H]1c2ccccc2-c2cc3c4ccccc4n(-c4ccccc4)c3cc21. The van der Waals surface area contributed by atoms with Gasteiger partial charge in [-0.05, 0) is 97.1 Å². The summed E-state index contributed by atoms with van der Waals surface area (Å²) in [6.45, 7) is 2.35. The van der Waals surface area contributed by atoms with Crippen molar-refractivity contribution in [1.82, 2.24) is 4.57 Å². The minimum absolute atomic E-state index is 0.126. The average Bonchev–Trinajstić information content (AvgIpc) is 3.65. The Kier molecular flexibility index (Phi) is 5.72. The molecule has 8 aromatic carbocycles. The van der Waals surface area contributed by atoms with Gasteiger partial charge in [-0.1, -0.05) is 122 Å². The number of aromatic nitrogens is 1. The normalized spacial score (nSPS) is 14.5. The fourth-order valence-electron chi connectivity index (χ4n) is 8.70. The largest absolute Gasteiger partial charge is 0.309 e. The molecule has 0 saturated carbocycles. The molecule has 0 fully saturated rings. The van der Waals surface area contributed by atoms with Crippen molar-refractivity contribution in [2.75, 3.05) is 0 Å². The summed E-state index contributed by atoms with van der Waals surface area (Å²) in [7, 11) is 0. The zero-order valence-electron chi connectivity index (χ0n) is 26.5. The van der Waals surface area contributed by atoms with E-state index in [1.54, 1.807) is 0 Å². The molecule has 2 heteroatoms. The van der Waals surface area contributed by atoms with Crippen LogP contribution in [-0.4, -0.2) is 4.57 Å². The van der Waals surface area contributed by atoms with Crippen LogP contribution in [0.15, 0.2) is 152 Å². The predicted octanol–water partition coefficient (Wildman–Crippen LogP) is 12.0. The number of hydrogen-bond donors (Lipinski definition) is 0. The molecule has 0 spiro atoms. The Labute approximate surface area is 278 Å². The maximum absolute atomic E-state index is 10.6. The van der Waals surface area contributed by atoms with Crippen molar-refractivity contribution in [2.45, 2.75) is 18.8 Å². The Hall–Kier alpha value is -6.17. The van der Waals surface area contributed by atoms with Crippen molar-refractivity contribution < 1.29 is 0 Å². The van der Waals surface area contributed by atoms with Crippen molar-refractivity contribution in [2.24, 2.45) is 0 Å². The van der Waals surface area contributed by atoms with E-state index in [2.05, 4.69) is 169 Å². The monoisotopic (exact) mass is 610 g/mol. The molecule has 0 bridgehead atoms. The van der Waals surface area contributed by atoms with Gasteiger partial charge in [-0.15, -0.1) is 0 Å². The Bertz CT molecular complexity index is 2810. The zero-order chi connectivity index (χ0) is 31.9. The summed E-state index contributed by atoms with van der Waals surface area (Å²) in [5, 5.41) is 20.1. The Morgan fingerprint density at radius 2 is 1.15 bits per heavy atom. The highest BCUT2D eigenvalue weighted by Gasteiger charge is 2.34. The van der Waals surface area contributed by atoms with E-state index in [4.69, 9.17) is 0 Å². The molecule has 224 valence electrons. The van der Waals surface area contributed by atoms with Crippen molar-refractivity contribution in [3.05, 3.63) is 174 Å². The highest BCUT2D eigenvalue weighted by Crippen LogP contribution is 2.53. The standard InChI is InChI=1S/C46H30N2/c1-28(29-23-30(27-47)46-38-21-10-7-16-33(38)32-15-5-6-17-34(32)41(46)24-29)45-37-20-9-8-18-35(37)39-25-40-36-19-11-12-22-43(36)48(44(40)26-42(39)45)31-13-3-2-4-14-31/h2-26,28,45H,1H3/t28?,45-/m1/s1. The maximum Gasteiger partial charge on any atom is 0.0998 e. The molecule has 1 heterocycles. The second-order valence-corrected chi connectivity index (χ2v) is 13.2. The summed E-state index contributed by atoms with van der Waals surface area (Å²) in [5.74, 6) is 0.264. The maximum atomic E-state index is 10.6. The van der Waals surface area contributed by atoms with Crippen LogP contribution in [0.3, 0.4) is 0 Å². The lowest BCUT2D eigenvalue weighted by Gasteiger charge is -2.24. The molecular weight excluding hydrogens is 581 g/mol. The molecule has 10 rings (SSSR count). The molecule has 0 N–H and O–H groups in total. The number of fused-ring (bicyclic) bond motifs is 12. The van der Waals surface area contributed by atoms with E-state index < -0.39 is 0 Å². The van der Waals surface area contributed by atoms with E-state index in [0.717, 1.165) is 27.4 Å². The van der Waals surface area contributed by atoms with Crippen LogP contribution in [0, 0.1) is 11.3 Å². The third-order valence-electron chi connectivity index (χ3n) is 10.8. The van der Waals surface area contributed by atoms with E-state index in [-0.39, 0.29) is 11.8 Å². The van der Waals surface area contributed by atoms with Gasteiger partial charge in [-0.25, -0.2) is 0 Å². The number of hydrogen-bond acceptors (Lipinski definition) is 1. The molecule has 0 aliphatic heterocycles. The van der Waals surface area contributed by atoms with Gasteiger partial charge < -0.3 is 4.57 Å². The highest BCUT2D eigenvalue weighted by atomic mass is 15.0. The first kappa shape index (κ1) is 27.0. The number of nitrogens with zero attached hydrogens (tertiary/aromatic N) is 2. The fourth-order valence-corrected chi connectivity index (χ4v) is 8.70. The zero-order valence-corrected chi connectivity index (χ0v) is 26.5. The third-order valence-corrected chi connectivity index (χ3v) is 10.8. The Morgan fingerprint density at radius 3 is 1.92 bits per heavy atom. The molecule has 9 aromatic rings. The van der Waals surface area contributed by atoms with Gasteiger partial charge in [0.05, 0.1) is 22.7 Å². The molecule has 2 atom stereocenters. The number of benzene rings is 8. The molecule has 48 heavy (non-hydrogen) atoms. The molecule has 1 aliphatic rings. The minimum atomic E-state index is 0.126. The van der Waals surface area contributed by atoms with E-state index in [9.17, 15) is 5.26 Å². The van der Waals surface area contributed by atoms with E-state index in [0.29, 0.717) is 0 Å². The summed E-state index contributed by atoms with van der Waals surface area (Å²) < 4.78 is 2.41. The minimum Gasteiger partial charge on any atom is -0.309 e. The summed E-state index contributed by atoms with van der Waals surface area (Å²) in [4.78, 5) is 0. The van der Waals surface area contributed by atoms with E-state index in [1.807, 2.05) is 0 Å². The summed E-state index contributed by atoms with van der Waals surface area (Å²) in [5.41, 5.74) is 10.8. The van der Waals surface area contributed by atoms with Crippen LogP contribution in [0.1, 0.15) is 41.0 Å². The average molecular weight is 611 g/mol. The number of para-hydroxylation sites is 2. The first-order chi connectivity index (χ1) is 23.7. The summed E-state index contributed by atoms with van der Waals surface area (Å²) in [6, 6.07) is 57.5. The topological polar surface area (TPSA) is 28.7 Å². The second-order valence-electron chi connectivity index (χ2n) is 13.2. The van der Waals surface area contributed by atoms with Gasteiger partial charge >= 0.3 is 0 Å². The molecule has 0 amide bonds.